The van der Waals surface area contributed by atoms with Gasteiger partial charge in [0.1, 0.15) is 5.69 Å². The average molecular weight is 258 g/mol. The lowest BCUT2D eigenvalue weighted by molar-refractivity contribution is 0.237. The van der Waals surface area contributed by atoms with Gasteiger partial charge in [0.25, 0.3) is 0 Å². The smallest absolute Gasteiger partial charge is 0.348 e. The number of hydrogen-bond acceptors (Lipinski definition) is 1. The average Bonchev–Trinajstić information content (AvgIpc) is 2.63. The number of fused-ring (bicyclic) bond motifs is 1. The van der Waals surface area contributed by atoms with Crippen LogP contribution < -0.4 is 0 Å². The van der Waals surface area contributed by atoms with Crippen LogP contribution >= 0.6 is 0 Å². The van der Waals surface area contributed by atoms with Crippen LogP contribution in [0.15, 0.2) is 30.3 Å². The fourth-order valence-corrected chi connectivity index (χ4v) is 2.88. The minimum absolute atomic E-state index is 0.492. The Bertz CT molecular complexity index is 604. The lowest BCUT2D eigenvalue weighted by atomic mass is 10.2. The Hall–Kier alpha value is -1.57. The highest BCUT2D eigenvalue weighted by atomic mass is 28.4. The molecule has 94 valence electrons. The van der Waals surface area contributed by atoms with Crippen molar-refractivity contribution in [1.29, 1.82) is 0 Å². The molecular weight excluding hydrogens is 240 g/mol. The maximum Gasteiger partial charge on any atom is 0.360 e. The van der Waals surface area contributed by atoms with Crippen molar-refractivity contribution in [3.8, 4) is 0 Å². The van der Waals surface area contributed by atoms with E-state index in [4.69, 9.17) is 11.0 Å². The molecule has 0 amide bonds. The van der Waals surface area contributed by atoms with Crippen molar-refractivity contribution in [1.82, 2.24) is 4.57 Å². The van der Waals surface area contributed by atoms with Crippen molar-refractivity contribution in [3.05, 3.63) is 47.4 Å². The van der Waals surface area contributed by atoms with E-state index in [0.29, 0.717) is 0 Å². The predicted molar refractivity (Wildman–Crippen MR) is 76.7 cm³/mol. The number of aryl methyl sites for hydroxylation is 1. The SMILES string of the molecule is [C-]#[N+]C(O[Si](C)(C)C)c1cc2ccccc2n1C. The predicted octanol–water partition coefficient (Wildman–Crippen LogP) is 3.95. The molecule has 18 heavy (non-hydrogen) atoms. The Morgan fingerprint density at radius 3 is 2.50 bits per heavy atom. The van der Waals surface area contributed by atoms with Crippen LogP contribution in [0.5, 0.6) is 0 Å². The van der Waals surface area contributed by atoms with E-state index < -0.39 is 14.5 Å². The van der Waals surface area contributed by atoms with Gasteiger partial charge in [-0.15, -0.1) is 0 Å². The first kappa shape index (κ1) is 12.9. The summed E-state index contributed by atoms with van der Waals surface area (Å²) < 4.78 is 8.00. The van der Waals surface area contributed by atoms with E-state index in [2.05, 4.69) is 47.3 Å². The van der Waals surface area contributed by atoms with E-state index >= 15 is 0 Å². The number of hydrogen-bond donors (Lipinski definition) is 0. The molecule has 0 aliphatic carbocycles. The van der Waals surface area contributed by atoms with Crippen LogP contribution in [-0.4, -0.2) is 12.9 Å². The quantitative estimate of drug-likeness (QED) is 0.602. The second kappa shape index (κ2) is 4.60. The van der Waals surface area contributed by atoms with Crippen molar-refractivity contribution >= 4 is 19.2 Å². The lowest BCUT2D eigenvalue weighted by Crippen LogP contribution is -2.27. The lowest BCUT2D eigenvalue weighted by Gasteiger charge is -2.18. The summed E-state index contributed by atoms with van der Waals surface area (Å²) in [6.07, 6.45) is -0.492. The monoisotopic (exact) mass is 258 g/mol. The van der Waals surface area contributed by atoms with Crippen LogP contribution in [0.2, 0.25) is 19.6 Å². The second-order valence-electron chi connectivity index (χ2n) is 5.40. The van der Waals surface area contributed by atoms with Gasteiger partial charge in [0.2, 0.25) is 0 Å². The van der Waals surface area contributed by atoms with Crippen molar-refractivity contribution < 1.29 is 4.43 Å². The van der Waals surface area contributed by atoms with Crippen molar-refractivity contribution in [2.45, 2.75) is 25.9 Å². The van der Waals surface area contributed by atoms with Crippen LogP contribution in [0.3, 0.4) is 0 Å². The molecule has 0 N–H and O–H groups in total. The third-order valence-electron chi connectivity index (χ3n) is 2.82. The van der Waals surface area contributed by atoms with Gasteiger partial charge in [-0.25, -0.2) is 6.57 Å². The summed E-state index contributed by atoms with van der Waals surface area (Å²) in [6, 6.07) is 10.2. The molecule has 3 nitrogen and oxygen atoms in total. The molecule has 0 aliphatic heterocycles. The van der Waals surface area contributed by atoms with Crippen LogP contribution in [0.4, 0.5) is 0 Å². The topological polar surface area (TPSA) is 18.5 Å². The molecule has 1 unspecified atom stereocenters. The van der Waals surface area contributed by atoms with Gasteiger partial charge in [-0.05, 0) is 31.8 Å². The van der Waals surface area contributed by atoms with Gasteiger partial charge < -0.3 is 8.99 Å². The number of aromatic nitrogens is 1. The first-order valence-electron chi connectivity index (χ1n) is 6.01. The molecule has 0 fully saturated rings. The normalized spacial score (nSPS) is 13.5. The summed E-state index contributed by atoms with van der Waals surface area (Å²) >= 11 is 0. The molecular formula is C14H18N2OSi. The first-order chi connectivity index (χ1) is 8.42. The molecule has 1 atom stereocenters. The first-order valence-corrected chi connectivity index (χ1v) is 9.42. The van der Waals surface area contributed by atoms with Gasteiger partial charge in [-0.3, -0.25) is 4.85 Å². The van der Waals surface area contributed by atoms with Crippen molar-refractivity contribution in [2.75, 3.05) is 0 Å². The summed E-state index contributed by atoms with van der Waals surface area (Å²) in [5.41, 5.74) is 2.08. The Kier molecular flexibility index (Phi) is 3.29. The minimum atomic E-state index is -1.72. The van der Waals surface area contributed by atoms with Crippen LogP contribution in [-0.2, 0) is 11.5 Å². The summed E-state index contributed by atoms with van der Waals surface area (Å²) in [5, 5.41) is 1.16. The maximum atomic E-state index is 7.36. The Balaban J connectivity index is 2.46. The van der Waals surface area contributed by atoms with Crippen LogP contribution in [0.25, 0.3) is 15.7 Å². The largest absolute Gasteiger partial charge is 0.360 e. The summed E-state index contributed by atoms with van der Waals surface area (Å²) in [7, 11) is 0.267. The highest BCUT2D eigenvalue weighted by Crippen LogP contribution is 2.28. The number of rotatable bonds is 3. The molecule has 2 rings (SSSR count). The van der Waals surface area contributed by atoms with Crippen LogP contribution in [0.1, 0.15) is 11.9 Å². The minimum Gasteiger partial charge on any atom is -0.348 e. The standard InChI is InChI=1S/C14H18N2OSi/c1-15-14(17-18(3,4)5)13-10-11-8-6-7-9-12(11)16(13)2/h6-10,14H,2-5H3. The van der Waals surface area contributed by atoms with Gasteiger partial charge in [-0.1, -0.05) is 18.2 Å². The van der Waals surface area contributed by atoms with Crippen molar-refractivity contribution in [3.63, 3.8) is 0 Å². The number of nitrogens with zero attached hydrogens (tertiary/aromatic N) is 2. The number of para-hydroxylation sites is 1. The molecule has 1 aromatic carbocycles. The fourth-order valence-electron chi connectivity index (χ4n) is 2.03. The number of benzene rings is 1. The third kappa shape index (κ3) is 2.47. The summed E-state index contributed by atoms with van der Waals surface area (Å²) in [5.74, 6) is 0. The molecule has 0 bridgehead atoms. The molecule has 4 heteroatoms. The zero-order chi connectivity index (χ0) is 13.3. The van der Waals surface area contributed by atoms with E-state index in [-0.39, 0.29) is 0 Å². The Morgan fingerprint density at radius 2 is 1.94 bits per heavy atom. The Morgan fingerprint density at radius 1 is 1.28 bits per heavy atom. The van der Waals surface area contributed by atoms with E-state index in [9.17, 15) is 0 Å². The molecule has 0 radical (unpaired) electrons. The van der Waals surface area contributed by atoms with Gasteiger partial charge in [0.15, 0.2) is 8.32 Å². The second-order valence-corrected chi connectivity index (χ2v) is 9.86. The van der Waals surface area contributed by atoms with E-state index in [1.807, 2.05) is 19.2 Å². The van der Waals surface area contributed by atoms with Gasteiger partial charge >= 0.3 is 6.23 Å². The molecule has 0 aliphatic rings. The van der Waals surface area contributed by atoms with E-state index in [1.54, 1.807) is 0 Å². The molecule has 1 aromatic heterocycles. The highest BCUT2D eigenvalue weighted by molar-refractivity contribution is 6.69. The zero-order valence-electron chi connectivity index (χ0n) is 11.3. The fraction of sp³-hybridized carbons (Fsp3) is 0.357. The van der Waals surface area contributed by atoms with Gasteiger partial charge in [0, 0.05) is 18.0 Å². The third-order valence-corrected chi connectivity index (χ3v) is 3.75. The summed E-state index contributed by atoms with van der Waals surface area (Å²) in [6.45, 7) is 13.7. The van der Waals surface area contributed by atoms with E-state index in [1.165, 1.54) is 0 Å². The maximum absolute atomic E-state index is 7.36. The van der Waals surface area contributed by atoms with Gasteiger partial charge in [-0.2, -0.15) is 0 Å². The van der Waals surface area contributed by atoms with E-state index in [0.717, 1.165) is 16.6 Å². The zero-order valence-corrected chi connectivity index (χ0v) is 12.3. The molecule has 0 saturated carbocycles. The molecule has 0 spiro atoms. The van der Waals surface area contributed by atoms with Crippen molar-refractivity contribution in [2.24, 2.45) is 7.05 Å². The highest BCUT2D eigenvalue weighted by Gasteiger charge is 2.28. The van der Waals surface area contributed by atoms with Gasteiger partial charge in [0.05, 0.1) is 0 Å². The van der Waals surface area contributed by atoms with Crippen LogP contribution in [0, 0.1) is 6.57 Å². The summed E-state index contributed by atoms with van der Waals surface area (Å²) in [4.78, 5) is 3.64. The molecule has 1 heterocycles. The molecule has 2 aromatic rings. The molecule has 0 saturated heterocycles. The Labute approximate surface area is 109 Å².